The first kappa shape index (κ1) is 11.9. The molecule has 2 N–H and O–H groups in total. The van der Waals surface area contributed by atoms with Crippen LogP contribution < -0.4 is 10.6 Å². The van der Waals surface area contributed by atoms with E-state index in [1.807, 2.05) is 25.3 Å². The van der Waals surface area contributed by atoms with Crippen LogP contribution in [0.1, 0.15) is 31.4 Å². The molecule has 1 atom stereocenters. The van der Waals surface area contributed by atoms with Gasteiger partial charge < -0.3 is 10.6 Å². The number of aromatic nitrogens is 1. The van der Waals surface area contributed by atoms with Crippen LogP contribution in [0.2, 0.25) is 0 Å². The summed E-state index contributed by atoms with van der Waals surface area (Å²) in [5.74, 6) is 4.46. The lowest BCUT2D eigenvalue weighted by molar-refractivity contribution is 0.751. The molecule has 0 spiro atoms. The van der Waals surface area contributed by atoms with Gasteiger partial charge in [0.25, 0.3) is 0 Å². The lowest BCUT2D eigenvalue weighted by Crippen LogP contribution is -2.27. The fraction of sp³-hybridized carbons (Fsp3) is 0.500. The Bertz CT molecular complexity index is 398. The van der Waals surface area contributed by atoms with Crippen molar-refractivity contribution in [3.63, 3.8) is 0 Å². The highest BCUT2D eigenvalue weighted by atomic mass is 15.2. The van der Waals surface area contributed by atoms with Gasteiger partial charge in [-0.25, -0.2) is 4.98 Å². The van der Waals surface area contributed by atoms with Crippen molar-refractivity contribution in [1.29, 1.82) is 0 Å². The minimum atomic E-state index is 0.0288. The van der Waals surface area contributed by atoms with Crippen molar-refractivity contribution >= 4 is 5.82 Å². The molecule has 0 aromatic carbocycles. The molecule has 0 bridgehead atoms. The SMILES string of the molecule is C#CCN(CC1CC1)c1ccc([C@@H](C)N)cn1. The molecule has 1 fully saturated rings. The minimum absolute atomic E-state index is 0.0288. The lowest BCUT2D eigenvalue weighted by Gasteiger charge is -2.21. The third-order valence-corrected chi connectivity index (χ3v) is 3.08. The van der Waals surface area contributed by atoms with Gasteiger partial charge in [-0.3, -0.25) is 0 Å². The molecule has 1 aromatic rings. The van der Waals surface area contributed by atoms with Crippen LogP contribution in [0.25, 0.3) is 0 Å². The van der Waals surface area contributed by atoms with Crippen molar-refractivity contribution < 1.29 is 0 Å². The summed E-state index contributed by atoms with van der Waals surface area (Å²) in [4.78, 5) is 6.62. The largest absolute Gasteiger partial charge is 0.345 e. The smallest absolute Gasteiger partial charge is 0.129 e. The maximum absolute atomic E-state index is 5.80. The van der Waals surface area contributed by atoms with E-state index in [4.69, 9.17) is 12.2 Å². The van der Waals surface area contributed by atoms with Crippen LogP contribution in [0.3, 0.4) is 0 Å². The summed E-state index contributed by atoms with van der Waals surface area (Å²) in [7, 11) is 0. The van der Waals surface area contributed by atoms with Crippen LogP contribution in [-0.2, 0) is 0 Å². The molecular formula is C14H19N3. The molecule has 1 aliphatic rings. The van der Waals surface area contributed by atoms with E-state index < -0.39 is 0 Å². The second-order valence-electron chi connectivity index (χ2n) is 4.77. The number of hydrogen-bond acceptors (Lipinski definition) is 3. The molecular weight excluding hydrogens is 210 g/mol. The summed E-state index contributed by atoms with van der Waals surface area (Å²) in [5, 5.41) is 0. The van der Waals surface area contributed by atoms with Gasteiger partial charge in [-0.1, -0.05) is 12.0 Å². The van der Waals surface area contributed by atoms with Crippen molar-refractivity contribution in [3.8, 4) is 12.3 Å². The number of terminal acetylenes is 1. The zero-order chi connectivity index (χ0) is 12.3. The van der Waals surface area contributed by atoms with E-state index in [0.717, 1.165) is 23.8 Å². The van der Waals surface area contributed by atoms with Gasteiger partial charge in [-0.05, 0) is 37.3 Å². The van der Waals surface area contributed by atoms with Crippen LogP contribution in [0, 0.1) is 18.3 Å². The number of hydrogen-bond donors (Lipinski definition) is 1. The molecule has 90 valence electrons. The van der Waals surface area contributed by atoms with Gasteiger partial charge in [-0.2, -0.15) is 0 Å². The molecule has 0 amide bonds. The van der Waals surface area contributed by atoms with Crippen molar-refractivity contribution in [2.45, 2.75) is 25.8 Å². The zero-order valence-electron chi connectivity index (χ0n) is 10.3. The average molecular weight is 229 g/mol. The molecule has 17 heavy (non-hydrogen) atoms. The van der Waals surface area contributed by atoms with Gasteiger partial charge in [0, 0.05) is 18.8 Å². The van der Waals surface area contributed by atoms with Crippen LogP contribution in [0.15, 0.2) is 18.3 Å². The molecule has 1 aromatic heterocycles. The Morgan fingerprint density at radius 2 is 2.35 bits per heavy atom. The van der Waals surface area contributed by atoms with E-state index in [0.29, 0.717) is 6.54 Å². The van der Waals surface area contributed by atoms with Gasteiger partial charge in [0.2, 0.25) is 0 Å². The van der Waals surface area contributed by atoms with Crippen LogP contribution in [-0.4, -0.2) is 18.1 Å². The van der Waals surface area contributed by atoms with E-state index in [2.05, 4.69) is 15.8 Å². The highest BCUT2D eigenvalue weighted by molar-refractivity contribution is 5.41. The number of pyridine rings is 1. The number of nitrogens with zero attached hydrogens (tertiary/aromatic N) is 2. The maximum Gasteiger partial charge on any atom is 0.129 e. The second-order valence-corrected chi connectivity index (χ2v) is 4.77. The molecule has 3 heteroatoms. The van der Waals surface area contributed by atoms with Crippen molar-refractivity contribution in [2.75, 3.05) is 18.0 Å². The molecule has 3 nitrogen and oxygen atoms in total. The predicted molar refractivity (Wildman–Crippen MR) is 70.6 cm³/mol. The Morgan fingerprint density at radius 3 is 2.82 bits per heavy atom. The second kappa shape index (κ2) is 5.20. The summed E-state index contributed by atoms with van der Waals surface area (Å²) in [6.07, 6.45) is 9.88. The van der Waals surface area contributed by atoms with Crippen LogP contribution in [0.4, 0.5) is 5.82 Å². The van der Waals surface area contributed by atoms with E-state index in [9.17, 15) is 0 Å². The Morgan fingerprint density at radius 1 is 1.59 bits per heavy atom. The van der Waals surface area contributed by atoms with E-state index in [-0.39, 0.29) is 6.04 Å². The van der Waals surface area contributed by atoms with Gasteiger partial charge in [-0.15, -0.1) is 6.42 Å². The summed E-state index contributed by atoms with van der Waals surface area (Å²) in [6, 6.07) is 4.07. The number of rotatable bonds is 5. The molecule has 0 aliphatic heterocycles. The fourth-order valence-corrected chi connectivity index (χ4v) is 1.82. The molecule has 1 aliphatic carbocycles. The first-order valence-corrected chi connectivity index (χ1v) is 6.10. The Kier molecular flexibility index (Phi) is 3.65. The number of nitrogens with two attached hydrogens (primary N) is 1. The highest BCUT2D eigenvalue weighted by Gasteiger charge is 2.24. The van der Waals surface area contributed by atoms with Crippen molar-refractivity contribution in [2.24, 2.45) is 11.7 Å². The van der Waals surface area contributed by atoms with Crippen molar-refractivity contribution in [1.82, 2.24) is 4.98 Å². The molecule has 0 radical (unpaired) electrons. The van der Waals surface area contributed by atoms with E-state index in [1.165, 1.54) is 12.8 Å². The van der Waals surface area contributed by atoms with Gasteiger partial charge in [0.05, 0.1) is 6.54 Å². The minimum Gasteiger partial charge on any atom is -0.345 e. The summed E-state index contributed by atoms with van der Waals surface area (Å²) in [6.45, 7) is 3.61. The Labute approximate surface area is 103 Å². The molecule has 0 saturated heterocycles. The normalized spacial score (nSPS) is 16.3. The maximum atomic E-state index is 5.80. The van der Waals surface area contributed by atoms with E-state index in [1.54, 1.807) is 0 Å². The summed E-state index contributed by atoms with van der Waals surface area (Å²) < 4.78 is 0. The predicted octanol–water partition coefficient (Wildman–Crippen LogP) is 1.95. The van der Waals surface area contributed by atoms with Crippen LogP contribution in [0.5, 0.6) is 0 Å². The molecule has 1 saturated carbocycles. The summed E-state index contributed by atoms with van der Waals surface area (Å²) >= 11 is 0. The lowest BCUT2D eigenvalue weighted by atomic mass is 10.1. The third-order valence-electron chi connectivity index (χ3n) is 3.08. The monoisotopic (exact) mass is 229 g/mol. The Balaban J connectivity index is 2.08. The van der Waals surface area contributed by atoms with Gasteiger partial charge >= 0.3 is 0 Å². The zero-order valence-corrected chi connectivity index (χ0v) is 10.3. The van der Waals surface area contributed by atoms with E-state index >= 15 is 0 Å². The molecule has 0 unspecified atom stereocenters. The fourth-order valence-electron chi connectivity index (χ4n) is 1.82. The van der Waals surface area contributed by atoms with Gasteiger partial charge in [0.15, 0.2) is 0 Å². The quantitative estimate of drug-likeness (QED) is 0.785. The molecule has 2 rings (SSSR count). The first-order valence-electron chi connectivity index (χ1n) is 6.10. The topological polar surface area (TPSA) is 42.1 Å². The first-order chi connectivity index (χ1) is 8.20. The molecule has 1 heterocycles. The number of anilines is 1. The summed E-state index contributed by atoms with van der Waals surface area (Å²) in [5.41, 5.74) is 6.86. The highest BCUT2D eigenvalue weighted by Crippen LogP contribution is 2.30. The third kappa shape index (κ3) is 3.21. The standard InChI is InChI=1S/C14H19N3/c1-3-8-17(10-12-4-5-12)14-7-6-13(9-16-14)11(2)15/h1,6-7,9,11-12H,4-5,8,10,15H2,2H3/t11-/m1/s1. The van der Waals surface area contributed by atoms with Crippen molar-refractivity contribution in [3.05, 3.63) is 23.9 Å². The van der Waals surface area contributed by atoms with Gasteiger partial charge in [0.1, 0.15) is 5.82 Å². The Hall–Kier alpha value is -1.53. The van der Waals surface area contributed by atoms with Crippen LogP contribution >= 0.6 is 0 Å². The average Bonchev–Trinajstić information content (AvgIpc) is 3.13.